The maximum Gasteiger partial charge on any atom is 0.243 e. The number of ether oxygens (including phenoxy) is 1. The van der Waals surface area contributed by atoms with Crippen LogP contribution in [0, 0.1) is 6.92 Å². The zero-order chi connectivity index (χ0) is 21.8. The molecular weight excluding hydrogens is 392 g/mol. The van der Waals surface area contributed by atoms with E-state index in [1.54, 1.807) is 7.11 Å². The minimum absolute atomic E-state index is 0.0350. The normalized spacial score (nSPS) is 19.5. The molecule has 0 radical (unpaired) electrons. The Bertz CT molecular complexity index is 962. The van der Waals surface area contributed by atoms with E-state index in [0.29, 0.717) is 19.5 Å². The van der Waals surface area contributed by atoms with Crippen LogP contribution in [0.25, 0.3) is 0 Å². The first-order valence-corrected chi connectivity index (χ1v) is 11.0. The Morgan fingerprint density at radius 2 is 2.06 bits per heavy atom. The van der Waals surface area contributed by atoms with Crippen molar-refractivity contribution in [1.29, 1.82) is 0 Å². The third-order valence-electron chi connectivity index (χ3n) is 5.99. The maximum absolute atomic E-state index is 12.6. The Labute approximate surface area is 183 Å². The quantitative estimate of drug-likeness (QED) is 0.768. The molecule has 7 heteroatoms. The molecule has 31 heavy (non-hydrogen) atoms. The van der Waals surface area contributed by atoms with Gasteiger partial charge in [0.1, 0.15) is 5.75 Å². The maximum atomic E-state index is 12.6. The number of aryl methyl sites for hydroxylation is 1. The third kappa shape index (κ3) is 5.22. The molecule has 1 aromatic heterocycles. The number of benzene rings is 1. The first kappa shape index (κ1) is 21.3. The number of piperidine rings is 1. The molecule has 7 nitrogen and oxygen atoms in total. The second kappa shape index (κ2) is 9.47. The van der Waals surface area contributed by atoms with E-state index in [1.165, 1.54) is 4.90 Å². The number of imide groups is 1. The van der Waals surface area contributed by atoms with Gasteiger partial charge in [0.2, 0.25) is 11.8 Å². The Morgan fingerprint density at radius 1 is 1.19 bits per heavy atom. The first-order chi connectivity index (χ1) is 15.0. The number of methoxy groups -OCH3 is 1. The summed E-state index contributed by atoms with van der Waals surface area (Å²) in [7, 11) is 1.66. The summed E-state index contributed by atoms with van der Waals surface area (Å²) in [5.74, 6) is 0.967. The molecule has 4 rings (SSSR count). The predicted molar refractivity (Wildman–Crippen MR) is 120 cm³/mol. The molecule has 2 aromatic rings. The van der Waals surface area contributed by atoms with Gasteiger partial charge in [-0.1, -0.05) is 6.07 Å². The molecule has 1 atom stereocenters. The highest BCUT2D eigenvalue weighted by Gasteiger charge is 2.30. The van der Waals surface area contributed by atoms with Crippen molar-refractivity contribution in [3.8, 4) is 5.75 Å². The Morgan fingerprint density at radius 3 is 2.84 bits per heavy atom. The summed E-state index contributed by atoms with van der Waals surface area (Å²) in [5.41, 5.74) is 3.95. The summed E-state index contributed by atoms with van der Waals surface area (Å²) < 4.78 is 5.31. The van der Waals surface area contributed by atoms with Crippen molar-refractivity contribution < 1.29 is 14.3 Å². The van der Waals surface area contributed by atoms with Gasteiger partial charge in [0.05, 0.1) is 13.7 Å². The number of hydrogen-bond donors (Lipinski definition) is 1. The van der Waals surface area contributed by atoms with Gasteiger partial charge >= 0.3 is 0 Å². The number of anilines is 2. The number of amides is 2. The number of nitrogens with one attached hydrogen (secondary N) is 1. The van der Waals surface area contributed by atoms with E-state index in [0.717, 1.165) is 60.9 Å². The lowest BCUT2D eigenvalue weighted by Crippen LogP contribution is -2.44. The average molecular weight is 423 g/mol. The summed E-state index contributed by atoms with van der Waals surface area (Å²) in [5, 5.41) is 3.45. The van der Waals surface area contributed by atoms with Crippen molar-refractivity contribution in [2.75, 3.05) is 38.6 Å². The van der Waals surface area contributed by atoms with Crippen molar-refractivity contribution >= 4 is 23.2 Å². The molecule has 164 valence electrons. The highest BCUT2D eigenvalue weighted by Crippen LogP contribution is 2.29. The smallest absolute Gasteiger partial charge is 0.243 e. The molecule has 2 saturated heterocycles. The number of nitrogens with zero attached hydrogens (tertiary/aromatic N) is 3. The highest BCUT2D eigenvalue weighted by atomic mass is 16.5. The van der Waals surface area contributed by atoms with Gasteiger partial charge < -0.3 is 10.1 Å². The predicted octanol–water partition coefficient (Wildman–Crippen LogP) is 3.47. The van der Waals surface area contributed by atoms with Crippen molar-refractivity contribution in [1.82, 2.24) is 14.8 Å². The molecule has 2 amide bonds. The van der Waals surface area contributed by atoms with Gasteiger partial charge in [-0.2, -0.15) is 0 Å². The van der Waals surface area contributed by atoms with Gasteiger partial charge in [0, 0.05) is 54.3 Å². The van der Waals surface area contributed by atoms with Crippen LogP contribution in [-0.2, 0) is 9.59 Å². The second-order valence-electron chi connectivity index (χ2n) is 8.40. The van der Waals surface area contributed by atoms with Crippen molar-refractivity contribution in [2.24, 2.45) is 0 Å². The van der Waals surface area contributed by atoms with Gasteiger partial charge in [-0.05, 0) is 57.0 Å². The van der Waals surface area contributed by atoms with E-state index in [4.69, 9.17) is 9.72 Å². The van der Waals surface area contributed by atoms with Crippen LogP contribution >= 0.6 is 0 Å². The van der Waals surface area contributed by atoms with Crippen LogP contribution in [0.4, 0.5) is 11.4 Å². The molecule has 1 N–H and O–H groups in total. The van der Waals surface area contributed by atoms with Gasteiger partial charge in [0.25, 0.3) is 0 Å². The molecular formula is C24H30N4O3. The fourth-order valence-electron chi connectivity index (χ4n) is 4.47. The summed E-state index contributed by atoms with van der Waals surface area (Å²) in [6.45, 7) is 4.54. The van der Waals surface area contributed by atoms with Crippen LogP contribution in [-0.4, -0.2) is 59.9 Å². The molecule has 1 unspecified atom stereocenters. The molecule has 3 heterocycles. The zero-order valence-corrected chi connectivity index (χ0v) is 18.3. The van der Waals surface area contributed by atoms with Crippen LogP contribution in [0.15, 0.2) is 36.4 Å². The van der Waals surface area contributed by atoms with Crippen LogP contribution in [0.2, 0.25) is 0 Å². The van der Waals surface area contributed by atoms with E-state index in [1.807, 2.05) is 37.3 Å². The second-order valence-corrected chi connectivity index (χ2v) is 8.40. The van der Waals surface area contributed by atoms with Crippen molar-refractivity contribution in [3.05, 3.63) is 47.8 Å². The number of rotatable bonds is 6. The minimum Gasteiger partial charge on any atom is -0.497 e. The highest BCUT2D eigenvalue weighted by molar-refractivity contribution is 5.97. The number of aromatic nitrogens is 1. The number of carbonyl (C=O) groups is 2. The minimum atomic E-state index is -0.0688. The standard InChI is InChI=1S/C24H30N4O3/c1-17-12-20(26-19-7-3-8-21(13-19)31-2)14-22(25-17)18-6-4-10-27(15-18)16-24(30)28-11-5-9-23(28)29/h3,7-8,12-14,18H,4-6,9-11,15-16H2,1-2H3,(H,25,26). The Hall–Kier alpha value is -2.93. The van der Waals surface area contributed by atoms with Gasteiger partial charge in [0.15, 0.2) is 0 Å². The third-order valence-corrected chi connectivity index (χ3v) is 5.99. The number of hydrogen-bond acceptors (Lipinski definition) is 6. The Balaban J connectivity index is 1.44. The molecule has 0 saturated carbocycles. The topological polar surface area (TPSA) is 74.8 Å². The van der Waals surface area contributed by atoms with E-state index >= 15 is 0 Å². The van der Waals surface area contributed by atoms with Crippen LogP contribution in [0.5, 0.6) is 5.75 Å². The molecule has 2 aliphatic heterocycles. The van der Waals surface area contributed by atoms with E-state index in [-0.39, 0.29) is 17.7 Å². The lowest BCUT2D eigenvalue weighted by molar-refractivity contribution is -0.142. The summed E-state index contributed by atoms with van der Waals surface area (Å²) >= 11 is 0. The number of likely N-dealkylation sites (tertiary alicyclic amines) is 2. The molecule has 0 spiro atoms. The van der Waals surface area contributed by atoms with Crippen molar-refractivity contribution in [3.63, 3.8) is 0 Å². The fraction of sp³-hybridized carbons (Fsp3) is 0.458. The van der Waals surface area contributed by atoms with E-state index in [9.17, 15) is 9.59 Å². The monoisotopic (exact) mass is 422 g/mol. The van der Waals surface area contributed by atoms with E-state index in [2.05, 4.69) is 16.3 Å². The lowest BCUT2D eigenvalue weighted by Gasteiger charge is -2.33. The average Bonchev–Trinajstić information content (AvgIpc) is 3.20. The molecule has 2 aliphatic rings. The summed E-state index contributed by atoms with van der Waals surface area (Å²) in [4.78, 5) is 32.8. The molecule has 0 aliphatic carbocycles. The molecule has 0 bridgehead atoms. The molecule has 1 aromatic carbocycles. The number of pyridine rings is 1. The molecule has 2 fully saturated rings. The first-order valence-electron chi connectivity index (χ1n) is 11.0. The van der Waals surface area contributed by atoms with Crippen LogP contribution in [0.3, 0.4) is 0 Å². The van der Waals surface area contributed by atoms with Crippen molar-refractivity contribution in [2.45, 2.75) is 38.5 Å². The van der Waals surface area contributed by atoms with Crippen LogP contribution in [0.1, 0.15) is 43.0 Å². The summed E-state index contributed by atoms with van der Waals surface area (Å²) in [6.07, 6.45) is 3.33. The fourth-order valence-corrected chi connectivity index (χ4v) is 4.47. The zero-order valence-electron chi connectivity index (χ0n) is 18.3. The van der Waals surface area contributed by atoms with Gasteiger partial charge in [-0.3, -0.25) is 24.4 Å². The Kier molecular flexibility index (Phi) is 6.51. The lowest BCUT2D eigenvalue weighted by atomic mass is 9.93. The van der Waals surface area contributed by atoms with Gasteiger partial charge in [-0.15, -0.1) is 0 Å². The van der Waals surface area contributed by atoms with Gasteiger partial charge in [-0.25, -0.2) is 0 Å². The number of carbonyl (C=O) groups excluding carboxylic acids is 2. The largest absolute Gasteiger partial charge is 0.497 e. The van der Waals surface area contributed by atoms with E-state index < -0.39 is 0 Å². The van der Waals surface area contributed by atoms with Crippen LogP contribution < -0.4 is 10.1 Å². The summed E-state index contributed by atoms with van der Waals surface area (Å²) in [6, 6.07) is 12.0. The SMILES string of the molecule is COc1cccc(Nc2cc(C)nc(C3CCCN(CC(=O)N4CCCC4=O)C3)c2)c1.